The van der Waals surface area contributed by atoms with Gasteiger partial charge in [0.25, 0.3) is 5.91 Å². The van der Waals surface area contributed by atoms with Gasteiger partial charge in [0.2, 0.25) is 0 Å². The Hall–Kier alpha value is -3.33. The van der Waals surface area contributed by atoms with Gasteiger partial charge in [-0.2, -0.15) is 5.26 Å². The lowest BCUT2D eigenvalue weighted by molar-refractivity contribution is -0.122. The van der Waals surface area contributed by atoms with Crippen molar-refractivity contribution in [2.24, 2.45) is 0 Å². The van der Waals surface area contributed by atoms with E-state index in [0.717, 1.165) is 0 Å². The van der Waals surface area contributed by atoms with Crippen LogP contribution in [0.4, 0.5) is 5.69 Å². The fourth-order valence-corrected chi connectivity index (χ4v) is 1.96. The third-order valence-corrected chi connectivity index (χ3v) is 3.25. The summed E-state index contributed by atoms with van der Waals surface area (Å²) in [7, 11) is 1.30. The fourth-order valence-electron chi connectivity index (χ4n) is 1.96. The molecule has 1 atom stereocenters. The number of carbonyl (C=O) groups excluding carboxylic acids is 2. The predicted molar refractivity (Wildman–Crippen MR) is 87.7 cm³/mol. The van der Waals surface area contributed by atoms with Crippen molar-refractivity contribution in [1.29, 1.82) is 5.26 Å². The van der Waals surface area contributed by atoms with Crippen LogP contribution in [0.2, 0.25) is 0 Å². The Kier molecular flexibility index (Phi) is 5.53. The Bertz CT molecular complexity index is 778. The molecule has 0 spiro atoms. The molecule has 122 valence electrons. The van der Waals surface area contributed by atoms with E-state index < -0.39 is 12.1 Å². The summed E-state index contributed by atoms with van der Waals surface area (Å²) in [6, 6.07) is 15.0. The van der Waals surface area contributed by atoms with E-state index in [2.05, 4.69) is 10.1 Å². The lowest BCUT2D eigenvalue weighted by atomic mass is 10.2. The molecule has 0 saturated carbocycles. The monoisotopic (exact) mass is 324 g/mol. The van der Waals surface area contributed by atoms with E-state index in [-0.39, 0.29) is 5.91 Å². The number of benzene rings is 2. The summed E-state index contributed by atoms with van der Waals surface area (Å²) in [5.41, 5.74) is 1.28. The van der Waals surface area contributed by atoms with Crippen LogP contribution < -0.4 is 10.1 Å². The Morgan fingerprint density at radius 3 is 2.42 bits per heavy atom. The van der Waals surface area contributed by atoms with Crippen LogP contribution in [0.5, 0.6) is 5.75 Å². The number of nitrogens with zero attached hydrogens (tertiary/aromatic N) is 1. The summed E-state index contributed by atoms with van der Waals surface area (Å²) in [5, 5.41) is 11.7. The van der Waals surface area contributed by atoms with Crippen molar-refractivity contribution < 1.29 is 19.1 Å². The molecule has 6 nitrogen and oxygen atoms in total. The number of hydrogen-bond donors (Lipinski definition) is 1. The first-order chi connectivity index (χ1) is 11.5. The first-order valence-corrected chi connectivity index (χ1v) is 7.20. The first kappa shape index (κ1) is 17.0. The molecule has 0 aliphatic carbocycles. The average Bonchev–Trinajstić information content (AvgIpc) is 2.62. The van der Waals surface area contributed by atoms with E-state index in [1.165, 1.54) is 7.11 Å². The highest BCUT2D eigenvalue weighted by molar-refractivity contribution is 5.95. The highest BCUT2D eigenvalue weighted by Gasteiger charge is 2.16. The van der Waals surface area contributed by atoms with Gasteiger partial charge in [0.05, 0.1) is 18.2 Å². The molecule has 0 fully saturated rings. The molecule has 0 saturated heterocycles. The number of methoxy groups -OCH3 is 1. The lowest BCUT2D eigenvalue weighted by Crippen LogP contribution is -2.30. The van der Waals surface area contributed by atoms with E-state index in [1.807, 2.05) is 6.07 Å². The molecule has 2 rings (SSSR count). The van der Waals surface area contributed by atoms with Gasteiger partial charge in [-0.05, 0) is 43.3 Å². The number of amides is 1. The Morgan fingerprint density at radius 1 is 1.12 bits per heavy atom. The van der Waals surface area contributed by atoms with Gasteiger partial charge in [-0.25, -0.2) is 4.79 Å². The highest BCUT2D eigenvalue weighted by Crippen LogP contribution is 2.19. The molecule has 2 aromatic rings. The molecule has 0 aliphatic rings. The van der Waals surface area contributed by atoms with Crippen molar-refractivity contribution in [2.75, 3.05) is 12.4 Å². The van der Waals surface area contributed by atoms with Crippen molar-refractivity contribution in [3.05, 3.63) is 59.7 Å². The standard InChI is InChI=1S/C18H16N2O4/c1-12(24-16-6-4-3-5-14(16)11-19)17(21)20-15-9-7-13(8-10-15)18(22)23-2/h3-10,12H,1-2H3,(H,20,21). The SMILES string of the molecule is COC(=O)c1ccc(NC(=O)C(C)Oc2ccccc2C#N)cc1. The molecular weight excluding hydrogens is 308 g/mol. The Labute approximate surface area is 139 Å². The Morgan fingerprint density at radius 2 is 1.79 bits per heavy atom. The Balaban J connectivity index is 2.01. The van der Waals surface area contributed by atoms with Crippen molar-refractivity contribution in [3.63, 3.8) is 0 Å². The van der Waals surface area contributed by atoms with Crippen LogP contribution in [0, 0.1) is 11.3 Å². The van der Waals surface area contributed by atoms with Crippen LogP contribution in [0.1, 0.15) is 22.8 Å². The van der Waals surface area contributed by atoms with Crippen LogP contribution >= 0.6 is 0 Å². The van der Waals surface area contributed by atoms with Crippen LogP contribution in [-0.4, -0.2) is 25.1 Å². The van der Waals surface area contributed by atoms with Crippen molar-refractivity contribution >= 4 is 17.6 Å². The van der Waals surface area contributed by atoms with E-state index in [4.69, 9.17) is 10.00 Å². The first-order valence-electron chi connectivity index (χ1n) is 7.20. The third kappa shape index (κ3) is 4.11. The average molecular weight is 324 g/mol. The quantitative estimate of drug-likeness (QED) is 0.854. The second kappa shape index (κ2) is 7.79. The molecule has 1 amide bonds. The topological polar surface area (TPSA) is 88.4 Å². The zero-order chi connectivity index (χ0) is 17.5. The van der Waals surface area contributed by atoms with Crippen LogP contribution in [-0.2, 0) is 9.53 Å². The van der Waals surface area contributed by atoms with Crippen LogP contribution in [0.3, 0.4) is 0 Å². The molecule has 1 unspecified atom stereocenters. The van der Waals surface area contributed by atoms with Gasteiger partial charge in [-0.15, -0.1) is 0 Å². The zero-order valence-electron chi connectivity index (χ0n) is 13.3. The molecule has 2 aromatic carbocycles. The van der Waals surface area contributed by atoms with Crippen molar-refractivity contribution in [3.8, 4) is 11.8 Å². The molecule has 0 aliphatic heterocycles. The number of para-hydroxylation sites is 1. The minimum Gasteiger partial charge on any atom is -0.480 e. The van der Waals surface area contributed by atoms with Crippen molar-refractivity contribution in [1.82, 2.24) is 0 Å². The number of ether oxygens (including phenoxy) is 2. The summed E-state index contributed by atoms with van der Waals surface area (Å²) >= 11 is 0. The largest absolute Gasteiger partial charge is 0.480 e. The summed E-state index contributed by atoms with van der Waals surface area (Å²) in [4.78, 5) is 23.5. The summed E-state index contributed by atoms with van der Waals surface area (Å²) in [6.45, 7) is 1.59. The number of hydrogen-bond acceptors (Lipinski definition) is 5. The maximum atomic E-state index is 12.2. The molecule has 6 heteroatoms. The number of carbonyl (C=O) groups is 2. The predicted octanol–water partition coefficient (Wildman–Crippen LogP) is 2.75. The zero-order valence-corrected chi connectivity index (χ0v) is 13.3. The van der Waals surface area contributed by atoms with E-state index in [1.54, 1.807) is 55.5 Å². The number of nitrogens with one attached hydrogen (secondary N) is 1. The molecule has 1 N–H and O–H groups in total. The second-order valence-corrected chi connectivity index (χ2v) is 4.93. The summed E-state index contributed by atoms with van der Waals surface area (Å²) in [5.74, 6) is -0.463. The van der Waals surface area contributed by atoms with E-state index >= 15 is 0 Å². The normalized spacial score (nSPS) is 11.0. The number of rotatable bonds is 5. The van der Waals surface area contributed by atoms with Gasteiger partial charge < -0.3 is 14.8 Å². The summed E-state index contributed by atoms with van der Waals surface area (Å²) in [6.07, 6.45) is -0.792. The highest BCUT2D eigenvalue weighted by atomic mass is 16.5. The van der Waals surface area contributed by atoms with Crippen LogP contribution in [0.15, 0.2) is 48.5 Å². The number of esters is 1. The number of anilines is 1. The minimum atomic E-state index is -0.792. The molecule has 0 heterocycles. The molecule has 0 bridgehead atoms. The molecular formula is C18H16N2O4. The van der Waals surface area contributed by atoms with Gasteiger partial charge in [-0.3, -0.25) is 4.79 Å². The van der Waals surface area contributed by atoms with Gasteiger partial charge >= 0.3 is 5.97 Å². The maximum absolute atomic E-state index is 12.2. The van der Waals surface area contributed by atoms with E-state index in [9.17, 15) is 9.59 Å². The molecule has 0 radical (unpaired) electrons. The molecule has 0 aromatic heterocycles. The fraction of sp³-hybridized carbons (Fsp3) is 0.167. The second-order valence-electron chi connectivity index (χ2n) is 4.93. The van der Waals surface area contributed by atoms with Gasteiger partial charge in [0.1, 0.15) is 11.8 Å². The van der Waals surface area contributed by atoms with Crippen molar-refractivity contribution in [2.45, 2.75) is 13.0 Å². The van der Waals surface area contributed by atoms with E-state index in [0.29, 0.717) is 22.6 Å². The third-order valence-electron chi connectivity index (χ3n) is 3.25. The summed E-state index contributed by atoms with van der Waals surface area (Å²) < 4.78 is 10.2. The molecule has 24 heavy (non-hydrogen) atoms. The lowest BCUT2D eigenvalue weighted by Gasteiger charge is -2.15. The van der Waals surface area contributed by atoms with Gasteiger partial charge in [0.15, 0.2) is 6.10 Å². The smallest absolute Gasteiger partial charge is 0.337 e. The maximum Gasteiger partial charge on any atom is 0.337 e. The van der Waals surface area contributed by atoms with Gasteiger partial charge in [0, 0.05) is 5.69 Å². The number of nitriles is 1. The van der Waals surface area contributed by atoms with Gasteiger partial charge in [-0.1, -0.05) is 12.1 Å². The minimum absolute atomic E-state index is 0.351. The van der Waals surface area contributed by atoms with Crippen LogP contribution in [0.25, 0.3) is 0 Å².